The highest BCUT2D eigenvalue weighted by molar-refractivity contribution is 7.16. The first-order valence-electron chi connectivity index (χ1n) is 6.55. The number of halogens is 1. The zero-order valence-corrected chi connectivity index (χ0v) is 13.5. The summed E-state index contributed by atoms with van der Waals surface area (Å²) in [4.78, 5) is 15.1. The topological polar surface area (TPSA) is 20.3 Å². The van der Waals surface area contributed by atoms with Crippen molar-refractivity contribution in [2.45, 2.75) is 26.7 Å². The minimum atomic E-state index is 0.125. The summed E-state index contributed by atoms with van der Waals surface area (Å²) in [6.07, 6.45) is 1.24. The van der Waals surface area contributed by atoms with E-state index in [0.29, 0.717) is 6.42 Å². The third kappa shape index (κ3) is 3.84. The molecule has 106 valence electrons. The molecule has 2 rings (SSSR count). The Morgan fingerprint density at radius 2 is 1.85 bits per heavy atom. The molecule has 2 aromatic rings. The highest BCUT2D eigenvalue weighted by Crippen LogP contribution is 2.23. The number of aryl methyl sites for hydroxylation is 3. The lowest BCUT2D eigenvalue weighted by molar-refractivity contribution is -0.118. The van der Waals surface area contributed by atoms with Crippen molar-refractivity contribution in [1.82, 2.24) is 0 Å². The van der Waals surface area contributed by atoms with Crippen molar-refractivity contribution < 1.29 is 4.79 Å². The molecule has 1 aromatic carbocycles. The normalized spacial score (nSPS) is 10.6. The van der Waals surface area contributed by atoms with Crippen LogP contribution in [-0.4, -0.2) is 13.0 Å². The summed E-state index contributed by atoms with van der Waals surface area (Å²) >= 11 is 7.43. The predicted octanol–water partition coefficient (Wildman–Crippen LogP) is 4.61. The molecule has 2 nitrogen and oxygen atoms in total. The molecule has 1 aromatic heterocycles. The van der Waals surface area contributed by atoms with Gasteiger partial charge >= 0.3 is 0 Å². The SMILES string of the molecule is Cc1cc(C)cc(N(C)C(=O)CCc2ccc(Cl)s2)c1. The monoisotopic (exact) mass is 307 g/mol. The smallest absolute Gasteiger partial charge is 0.227 e. The zero-order valence-electron chi connectivity index (χ0n) is 11.9. The van der Waals surface area contributed by atoms with E-state index in [-0.39, 0.29) is 5.91 Å². The lowest BCUT2D eigenvalue weighted by atomic mass is 10.1. The molecule has 0 spiro atoms. The summed E-state index contributed by atoms with van der Waals surface area (Å²) < 4.78 is 0.773. The number of nitrogens with zero attached hydrogens (tertiary/aromatic N) is 1. The lowest BCUT2D eigenvalue weighted by Gasteiger charge is -2.18. The molecule has 0 radical (unpaired) electrons. The Balaban J connectivity index is 2.01. The predicted molar refractivity (Wildman–Crippen MR) is 87.0 cm³/mol. The molecule has 0 saturated heterocycles. The molecule has 4 heteroatoms. The maximum absolute atomic E-state index is 12.2. The summed E-state index contributed by atoms with van der Waals surface area (Å²) in [5, 5.41) is 0. The zero-order chi connectivity index (χ0) is 14.7. The Hall–Kier alpha value is -1.32. The first-order chi connectivity index (χ1) is 9.45. The average molecular weight is 308 g/mol. The van der Waals surface area contributed by atoms with Crippen LogP contribution in [0.4, 0.5) is 5.69 Å². The Kier molecular flexibility index (Phi) is 4.84. The first-order valence-corrected chi connectivity index (χ1v) is 7.74. The number of amides is 1. The number of benzene rings is 1. The third-order valence-electron chi connectivity index (χ3n) is 3.18. The van der Waals surface area contributed by atoms with Crippen molar-refractivity contribution in [3.63, 3.8) is 0 Å². The van der Waals surface area contributed by atoms with Gasteiger partial charge in [-0.15, -0.1) is 11.3 Å². The molecule has 0 fully saturated rings. The van der Waals surface area contributed by atoms with Crippen molar-refractivity contribution in [2.75, 3.05) is 11.9 Å². The van der Waals surface area contributed by atoms with Crippen LogP contribution in [0.2, 0.25) is 4.34 Å². The lowest BCUT2D eigenvalue weighted by Crippen LogP contribution is -2.26. The Bertz CT molecular complexity index is 600. The number of hydrogen-bond donors (Lipinski definition) is 0. The molecule has 0 saturated carbocycles. The van der Waals surface area contributed by atoms with Gasteiger partial charge in [0.1, 0.15) is 0 Å². The minimum absolute atomic E-state index is 0.125. The summed E-state index contributed by atoms with van der Waals surface area (Å²) in [5.41, 5.74) is 3.30. The van der Waals surface area contributed by atoms with Crippen molar-refractivity contribution in [3.8, 4) is 0 Å². The summed E-state index contributed by atoms with van der Waals surface area (Å²) in [5.74, 6) is 0.125. The maximum Gasteiger partial charge on any atom is 0.227 e. The minimum Gasteiger partial charge on any atom is -0.315 e. The highest BCUT2D eigenvalue weighted by Gasteiger charge is 2.12. The fourth-order valence-electron chi connectivity index (χ4n) is 2.17. The summed E-state index contributed by atoms with van der Waals surface area (Å²) in [7, 11) is 1.83. The van der Waals surface area contributed by atoms with E-state index in [1.807, 2.05) is 45.2 Å². The largest absolute Gasteiger partial charge is 0.315 e. The van der Waals surface area contributed by atoms with Gasteiger partial charge in [0.05, 0.1) is 4.34 Å². The standard InChI is InChI=1S/C16H18ClNOS/c1-11-8-12(2)10-13(9-11)18(3)16(19)7-5-14-4-6-15(17)20-14/h4,6,8-10H,5,7H2,1-3H3. The van der Waals surface area contributed by atoms with Crippen LogP contribution in [0.3, 0.4) is 0 Å². The van der Waals surface area contributed by atoms with E-state index in [2.05, 4.69) is 6.07 Å². The number of hydrogen-bond acceptors (Lipinski definition) is 2. The molecule has 0 N–H and O–H groups in total. The fourth-order valence-corrected chi connectivity index (χ4v) is 3.26. The fraction of sp³-hybridized carbons (Fsp3) is 0.312. The van der Waals surface area contributed by atoms with E-state index < -0.39 is 0 Å². The Labute approximate surface area is 129 Å². The van der Waals surface area contributed by atoms with Crippen LogP contribution in [0.1, 0.15) is 22.4 Å². The third-order valence-corrected chi connectivity index (χ3v) is 4.47. The molecule has 20 heavy (non-hydrogen) atoms. The van der Waals surface area contributed by atoms with Gasteiger partial charge in [-0.05, 0) is 55.7 Å². The molecule has 0 bridgehead atoms. The second-order valence-corrected chi connectivity index (χ2v) is 6.80. The van der Waals surface area contributed by atoms with Crippen LogP contribution in [0.15, 0.2) is 30.3 Å². The van der Waals surface area contributed by atoms with Crippen molar-refractivity contribution in [2.24, 2.45) is 0 Å². The van der Waals surface area contributed by atoms with Gasteiger partial charge in [-0.3, -0.25) is 4.79 Å². The molecule has 0 aliphatic rings. The number of thiophene rings is 1. The van der Waals surface area contributed by atoms with Crippen molar-refractivity contribution >= 4 is 34.5 Å². The Morgan fingerprint density at radius 1 is 1.20 bits per heavy atom. The average Bonchev–Trinajstić information content (AvgIpc) is 2.79. The van der Waals surface area contributed by atoms with Crippen molar-refractivity contribution in [3.05, 3.63) is 50.7 Å². The maximum atomic E-state index is 12.2. The van der Waals surface area contributed by atoms with Gasteiger partial charge in [0, 0.05) is 24.0 Å². The van der Waals surface area contributed by atoms with E-state index in [1.165, 1.54) is 22.5 Å². The summed E-state index contributed by atoms with van der Waals surface area (Å²) in [6, 6.07) is 10.0. The van der Waals surface area contributed by atoms with Gasteiger partial charge in [-0.25, -0.2) is 0 Å². The van der Waals surface area contributed by atoms with Gasteiger partial charge in [0.25, 0.3) is 0 Å². The molecule has 0 aliphatic carbocycles. The Morgan fingerprint density at radius 3 is 2.40 bits per heavy atom. The van der Waals surface area contributed by atoms with E-state index in [4.69, 9.17) is 11.6 Å². The molecule has 0 aliphatic heterocycles. The molecular weight excluding hydrogens is 290 g/mol. The van der Waals surface area contributed by atoms with Gasteiger partial charge in [-0.1, -0.05) is 17.7 Å². The molecular formula is C16H18ClNOS. The van der Waals surface area contributed by atoms with E-state index in [9.17, 15) is 4.79 Å². The van der Waals surface area contributed by atoms with Crippen LogP contribution in [0.25, 0.3) is 0 Å². The van der Waals surface area contributed by atoms with E-state index in [1.54, 1.807) is 4.90 Å². The van der Waals surface area contributed by atoms with E-state index >= 15 is 0 Å². The van der Waals surface area contributed by atoms with Gasteiger partial charge in [0.2, 0.25) is 5.91 Å². The number of rotatable bonds is 4. The van der Waals surface area contributed by atoms with Crippen LogP contribution < -0.4 is 4.90 Å². The second kappa shape index (κ2) is 6.42. The number of carbonyl (C=O) groups is 1. The molecule has 1 amide bonds. The molecule has 1 heterocycles. The molecule has 0 unspecified atom stereocenters. The highest BCUT2D eigenvalue weighted by atomic mass is 35.5. The number of carbonyl (C=O) groups excluding carboxylic acids is 1. The first kappa shape index (κ1) is 15.1. The van der Waals surface area contributed by atoms with Gasteiger partial charge in [-0.2, -0.15) is 0 Å². The van der Waals surface area contributed by atoms with Crippen LogP contribution in [0, 0.1) is 13.8 Å². The summed E-state index contributed by atoms with van der Waals surface area (Å²) in [6.45, 7) is 4.09. The van der Waals surface area contributed by atoms with Crippen LogP contribution in [-0.2, 0) is 11.2 Å². The second-order valence-electron chi connectivity index (χ2n) is 5.00. The van der Waals surface area contributed by atoms with Crippen LogP contribution >= 0.6 is 22.9 Å². The van der Waals surface area contributed by atoms with Gasteiger partial charge in [0.15, 0.2) is 0 Å². The number of anilines is 1. The van der Waals surface area contributed by atoms with E-state index in [0.717, 1.165) is 21.3 Å². The van der Waals surface area contributed by atoms with Crippen LogP contribution in [0.5, 0.6) is 0 Å². The van der Waals surface area contributed by atoms with Crippen molar-refractivity contribution in [1.29, 1.82) is 0 Å². The quantitative estimate of drug-likeness (QED) is 0.807. The molecule has 0 atom stereocenters. The van der Waals surface area contributed by atoms with Gasteiger partial charge < -0.3 is 4.90 Å².